The van der Waals surface area contributed by atoms with Crippen LogP contribution in [0.1, 0.15) is 59.3 Å². The van der Waals surface area contributed by atoms with Gasteiger partial charge in [0.15, 0.2) is 0 Å². The lowest BCUT2D eigenvalue weighted by atomic mass is 10.1. The monoisotopic (exact) mass is 428 g/mol. The number of para-hydroxylation sites is 1. The maximum atomic E-state index is 11.7. The van der Waals surface area contributed by atoms with Gasteiger partial charge in [-0.3, -0.25) is 4.79 Å². The highest BCUT2D eigenvalue weighted by molar-refractivity contribution is 7.99. The minimum absolute atomic E-state index is 0.137. The molecule has 0 spiro atoms. The van der Waals surface area contributed by atoms with E-state index < -0.39 is 0 Å². The fourth-order valence-electron chi connectivity index (χ4n) is 3.22. The van der Waals surface area contributed by atoms with E-state index in [-0.39, 0.29) is 5.97 Å². The number of carbonyl (C=O) groups is 1. The number of hydrogen-bond donors (Lipinski definition) is 2. The van der Waals surface area contributed by atoms with Gasteiger partial charge in [-0.05, 0) is 50.6 Å². The van der Waals surface area contributed by atoms with Gasteiger partial charge in [0.2, 0.25) is 0 Å². The minimum Gasteiger partial charge on any atom is -0.466 e. The SMILES string of the molecule is CCCCCCC(C)Nc1ccc(Nc2ccccc2)cc1SCCC(=O)OCC. The van der Waals surface area contributed by atoms with Crippen LogP contribution in [0.4, 0.5) is 17.1 Å². The minimum atomic E-state index is -0.137. The van der Waals surface area contributed by atoms with Crippen molar-refractivity contribution in [3.8, 4) is 0 Å². The summed E-state index contributed by atoms with van der Waals surface area (Å²) in [6.45, 7) is 6.76. The van der Waals surface area contributed by atoms with Gasteiger partial charge < -0.3 is 15.4 Å². The quantitative estimate of drug-likeness (QED) is 0.189. The molecule has 2 aromatic rings. The van der Waals surface area contributed by atoms with Gasteiger partial charge in [-0.2, -0.15) is 0 Å². The fourth-order valence-corrected chi connectivity index (χ4v) is 4.20. The van der Waals surface area contributed by atoms with Crippen LogP contribution in [0, 0.1) is 0 Å². The van der Waals surface area contributed by atoms with Crippen LogP contribution in [0.2, 0.25) is 0 Å². The Balaban J connectivity index is 2.04. The van der Waals surface area contributed by atoms with Crippen molar-refractivity contribution in [1.29, 1.82) is 0 Å². The number of thioether (sulfide) groups is 1. The van der Waals surface area contributed by atoms with E-state index in [4.69, 9.17) is 4.74 Å². The van der Waals surface area contributed by atoms with Crippen molar-refractivity contribution in [3.05, 3.63) is 48.5 Å². The molecule has 0 amide bonds. The molecule has 0 aliphatic rings. The number of nitrogens with one attached hydrogen (secondary N) is 2. The Morgan fingerprint density at radius 2 is 1.83 bits per heavy atom. The summed E-state index contributed by atoms with van der Waals surface area (Å²) in [6.07, 6.45) is 6.70. The largest absolute Gasteiger partial charge is 0.466 e. The van der Waals surface area contributed by atoms with E-state index in [2.05, 4.69) is 54.8 Å². The highest BCUT2D eigenvalue weighted by Crippen LogP contribution is 2.32. The first-order valence-corrected chi connectivity index (χ1v) is 12.1. The second-order valence-corrected chi connectivity index (χ2v) is 8.64. The van der Waals surface area contributed by atoms with Gasteiger partial charge >= 0.3 is 5.97 Å². The summed E-state index contributed by atoms with van der Waals surface area (Å²) < 4.78 is 5.06. The Morgan fingerprint density at radius 3 is 2.57 bits per heavy atom. The van der Waals surface area contributed by atoms with Gasteiger partial charge in [0.1, 0.15) is 0 Å². The highest BCUT2D eigenvalue weighted by atomic mass is 32.2. The second kappa shape index (κ2) is 14.0. The predicted octanol–water partition coefficient (Wildman–Crippen LogP) is 7.25. The number of benzene rings is 2. The molecule has 30 heavy (non-hydrogen) atoms. The molecule has 0 aliphatic carbocycles. The number of anilines is 3. The summed E-state index contributed by atoms with van der Waals surface area (Å²) in [5, 5.41) is 7.14. The molecule has 2 N–H and O–H groups in total. The molecule has 4 nitrogen and oxygen atoms in total. The maximum Gasteiger partial charge on any atom is 0.306 e. The van der Waals surface area contributed by atoms with Gasteiger partial charge in [0.25, 0.3) is 0 Å². The van der Waals surface area contributed by atoms with E-state index in [1.165, 1.54) is 25.7 Å². The van der Waals surface area contributed by atoms with Crippen molar-refractivity contribution in [3.63, 3.8) is 0 Å². The van der Waals surface area contributed by atoms with E-state index in [0.717, 1.165) is 28.4 Å². The zero-order valence-corrected chi connectivity index (χ0v) is 19.4. The summed E-state index contributed by atoms with van der Waals surface area (Å²) in [5.74, 6) is 0.565. The van der Waals surface area contributed by atoms with Crippen molar-refractivity contribution in [1.82, 2.24) is 0 Å². The molecule has 0 radical (unpaired) electrons. The van der Waals surface area contributed by atoms with Crippen LogP contribution in [-0.2, 0) is 9.53 Å². The van der Waals surface area contributed by atoms with E-state index in [0.29, 0.717) is 24.8 Å². The van der Waals surface area contributed by atoms with Crippen molar-refractivity contribution in [2.75, 3.05) is 23.0 Å². The Morgan fingerprint density at radius 1 is 1.03 bits per heavy atom. The first-order valence-electron chi connectivity index (χ1n) is 11.1. The smallest absolute Gasteiger partial charge is 0.306 e. The van der Waals surface area contributed by atoms with Crippen molar-refractivity contribution >= 4 is 34.8 Å². The van der Waals surface area contributed by atoms with Gasteiger partial charge in [-0.25, -0.2) is 0 Å². The van der Waals surface area contributed by atoms with Crippen molar-refractivity contribution in [2.45, 2.75) is 70.2 Å². The van der Waals surface area contributed by atoms with E-state index in [9.17, 15) is 4.79 Å². The number of hydrogen-bond acceptors (Lipinski definition) is 5. The Labute approximate surface area is 186 Å². The lowest BCUT2D eigenvalue weighted by Gasteiger charge is -2.19. The zero-order chi connectivity index (χ0) is 21.6. The average Bonchev–Trinajstić information content (AvgIpc) is 2.74. The van der Waals surface area contributed by atoms with Crippen LogP contribution in [0.3, 0.4) is 0 Å². The molecule has 2 aromatic carbocycles. The maximum absolute atomic E-state index is 11.7. The van der Waals surface area contributed by atoms with Gasteiger partial charge in [-0.1, -0.05) is 50.8 Å². The summed E-state index contributed by atoms with van der Waals surface area (Å²) in [4.78, 5) is 12.9. The van der Waals surface area contributed by atoms with E-state index in [1.807, 2.05) is 25.1 Å². The first kappa shape index (κ1) is 24.1. The molecule has 0 fully saturated rings. The zero-order valence-electron chi connectivity index (χ0n) is 18.6. The Hall–Kier alpha value is -2.14. The van der Waals surface area contributed by atoms with E-state index in [1.54, 1.807) is 11.8 Å². The summed E-state index contributed by atoms with van der Waals surface area (Å²) in [5.41, 5.74) is 3.23. The molecule has 5 heteroatoms. The molecule has 2 rings (SSSR count). The molecule has 1 atom stereocenters. The number of unbranched alkanes of at least 4 members (excludes halogenated alkanes) is 3. The third-order valence-electron chi connectivity index (χ3n) is 4.81. The van der Waals surface area contributed by atoms with Crippen molar-refractivity contribution in [2.24, 2.45) is 0 Å². The number of rotatable bonds is 14. The van der Waals surface area contributed by atoms with Crippen LogP contribution >= 0.6 is 11.8 Å². The van der Waals surface area contributed by atoms with Crippen LogP contribution in [0.5, 0.6) is 0 Å². The van der Waals surface area contributed by atoms with Gasteiger partial charge in [0.05, 0.1) is 13.0 Å². The number of ether oxygens (including phenoxy) is 1. The lowest BCUT2D eigenvalue weighted by molar-refractivity contribution is -0.142. The number of esters is 1. The number of carbonyl (C=O) groups excluding carboxylic acids is 1. The van der Waals surface area contributed by atoms with E-state index >= 15 is 0 Å². The second-order valence-electron chi connectivity index (χ2n) is 7.50. The van der Waals surface area contributed by atoms with Crippen LogP contribution in [-0.4, -0.2) is 24.4 Å². The fraction of sp³-hybridized carbons (Fsp3) is 0.480. The predicted molar refractivity (Wildman–Crippen MR) is 130 cm³/mol. The Kier molecular flexibility index (Phi) is 11.2. The molecule has 0 aromatic heterocycles. The molecule has 0 aliphatic heterocycles. The molecule has 1 unspecified atom stereocenters. The first-order chi connectivity index (χ1) is 14.6. The third kappa shape index (κ3) is 9.12. The average molecular weight is 429 g/mol. The molecular weight excluding hydrogens is 392 g/mol. The summed E-state index contributed by atoms with van der Waals surface area (Å²) in [6, 6.07) is 17.0. The molecule has 0 saturated heterocycles. The topological polar surface area (TPSA) is 50.4 Å². The van der Waals surface area contributed by atoms with Gasteiger partial charge in [0, 0.05) is 33.8 Å². The highest BCUT2D eigenvalue weighted by Gasteiger charge is 2.10. The summed E-state index contributed by atoms with van der Waals surface area (Å²) >= 11 is 1.70. The Bertz CT molecular complexity index is 752. The normalized spacial score (nSPS) is 11.7. The van der Waals surface area contributed by atoms with Crippen LogP contribution in [0.25, 0.3) is 0 Å². The van der Waals surface area contributed by atoms with Gasteiger partial charge in [-0.15, -0.1) is 11.8 Å². The molecular formula is C25H36N2O2S. The lowest BCUT2D eigenvalue weighted by Crippen LogP contribution is -2.15. The molecule has 0 saturated carbocycles. The molecule has 0 bridgehead atoms. The standard InChI is InChI=1S/C25H36N2O2S/c1-4-6-7-9-12-20(3)26-23-16-15-22(27-21-13-10-8-11-14-21)19-24(23)30-18-17-25(28)29-5-2/h8,10-11,13-16,19-20,26-27H,4-7,9,12,17-18H2,1-3H3. The third-order valence-corrected chi connectivity index (χ3v) is 5.86. The molecule has 164 valence electrons. The van der Waals surface area contributed by atoms with Crippen molar-refractivity contribution < 1.29 is 9.53 Å². The summed E-state index contributed by atoms with van der Waals surface area (Å²) in [7, 11) is 0. The van der Waals surface area contributed by atoms with Crippen LogP contribution in [0.15, 0.2) is 53.4 Å². The molecule has 0 heterocycles. The van der Waals surface area contributed by atoms with Crippen LogP contribution < -0.4 is 10.6 Å².